The molecular formula is C28H37FN2O4. The first-order valence-corrected chi connectivity index (χ1v) is 12.6. The fourth-order valence-electron chi connectivity index (χ4n) is 4.41. The van der Waals surface area contributed by atoms with Gasteiger partial charge < -0.3 is 19.7 Å². The van der Waals surface area contributed by atoms with E-state index in [1.807, 2.05) is 24.3 Å². The van der Waals surface area contributed by atoms with Crippen molar-refractivity contribution in [3.05, 3.63) is 59.4 Å². The molecule has 0 bridgehead atoms. The molecule has 0 spiro atoms. The van der Waals surface area contributed by atoms with Gasteiger partial charge in [0, 0.05) is 19.5 Å². The van der Waals surface area contributed by atoms with Crippen LogP contribution in [-0.2, 0) is 16.0 Å². The number of anilines is 1. The molecule has 7 heteroatoms. The molecule has 1 saturated heterocycles. The Balaban J connectivity index is 1.46. The molecule has 2 amide bonds. The second-order valence-electron chi connectivity index (χ2n) is 9.04. The Morgan fingerprint density at radius 1 is 1.09 bits per heavy atom. The Bertz CT molecular complexity index is 973. The van der Waals surface area contributed by atoms with Crippen molar-refractivity contribution >= 4 is 17.7 Å². The molecule has 2 aromatic rings. The summed E-state index contributed by atoms with van der Waals surface area (Å²) in [5.41, 5.74) is 2.32. The summed E-state index contributed by atoms with van der Waals surface area (Å²) < 4.78 is 25.1. The standard InChI is InChI=1S/C28H37FN2O4/c1-3-4-19-35-28(33)31-17-15-21(16-18-31)23-13-14-24(29)25(20-23)30-27(32)12-8-6-10-22-9-5-7-11-26(22)34-2/h5,7,9,11,13-14,20-21H,3-4,6,8,10,12,15-19H2,1-2H3,(H,30,32). The topological polar surface area (TPSA) is 67.9 Å². The Hall–Kier alpha value is -3.09. The molecular weight excluding hydrogens is 447 g/mol. The predicted octanol–water partition coefficient (Wildman–Crippen LogP) is 6.30. The van der Waals surface area contributed by atoms with Crippen molar-refractivity contribution in [2.45, 2.75) is 64.2 Å². The van der Waals surface area contributed by atoms with E-state index in [0.717, 1.165) is 55.4 Å². The van der Waals surface area contributed by atoms with Crippen LogP contribution in [0.5, 0.6) is 5.75 Å². The number of hydrogen-bond donors (Lipinski definition) is 1. The number of amides is 2. The first-order valence-electron chi connectivity index (χ1n) is 12.6. The zero-order valence-corrected chi connectivity index (χ0v) is 20.9. The van der Waals surface area contributed by atoms with Gasteiger partial charge in [-0.1, -0.05) is 37.6 Å². The molecule has 1 aliphatic heterocycles. The summed E-state index contributed by atoms with van der Waals surface area (Å²) in [6.07, 6.45) is 5.87. The Morgan fingerprint density at radius 3 is 2.60 bits per heavy atom. The average molecular weight is 485 g/mol. The van der Waals surface area contributed by atoms with E-state index in [9.17, 15) is 14.0 Å². The van der Waals surface area contributed by atoms with Crippen LogP contribution in [0.4, 0.5) is 14.9 Å². The molecule has 35 heavy (non-hydrogen) atoms. The highest BCUT2D eigenvalue weighted by Gasteiger charge is 2.25. The lowest BCUT2D eigenvalue weighted by molar-refractivity contribution is -0.116. The summed E-state index contributed by atoms with van der Waals surface area (Å²) in [5.74, 6) is 0.445. The number of para-hydroxylation sites is 1. The van der Waals surface area contributed by atoms with Crippen molar-refractivity contribution in [2.75, 3.05) is 32.1 Å². The van der Waals surface area contributed by atoms with Crippen LogP contribution in [0.3, 0.4) is 0 Å². The number of halogens is 1. The van der Waals surface area contributed by atoms with Gasteiger partial charge in [-0.3, -0.25) is 4.79 Å². The molecule has 0 unspecified atom stereocenters. The Labute approximate surface area is 207 Å². The zero-order chi connectivity index (χ0) is 25.0. The van der Waals surface area contributed by atoms with Gasteiger partial charge in [-0.2, -0.15) is 0 Å². The monoisotopic (exact) mass is 484 g/mol. The van der Waals surface area contributed by atoms with Crippen LogP contribution < -0.4 is 10.1 Å². The van der Waals surface area contributed by atoms with Crippen LogP contribution in [0.1, 0.15) is 68.9 Å². The number of rotatable bonds is 11. The molecule has 1 aliphatic rings. The van der Waals surface area contributed by atoms with Crippen LogP contribution in [0, 0.1) is 5.82 Å². The van der Waals surface area contributed by atoms with E-state index in [0.29, 0.717) is 32.5 Å². The number of nitrogens with one attached hydrogen (secondary N) is 1. The molecule has 6 nitrogen and oxygen atoms in total. The van der Waals surface area contributed by atoms with Crippen LogP contribution in [-0.4, -0.2) is 43.7 Å². The lowest BCUT2D eigenvalue weighted by Gasteiger charge is -2.31. The Kier molecular flexibility index (Phi) is 10.4. The fraction of sp³-hybridized carbons (Fsp3) is 0.500. The van der Waals surface area contributed by atoms with Crippen molar-refractivity contribution < 1.29 is 23.5 Å². The van der Waals surface area contributed by atoms with Crippen molar-refractivity contribution in [1.82, 2.24) is 4.90 Å². The minimum Gasteiger partial charge on any atom is -0.496 e. The highest BCUT2D eigenvalue weighted by molar-refractivity contribution is 5.90. The van der Waals surface area contributed by atoms with Crippen molar-refractivity contribution in [2.24, 2.45) is 0 Å². The summed E-state index contributed by atoms with van der Waals surface area (Å²) in [5, 5.41) is 2.74. The normalized spacial score (nSPS) is 14.0. The number of nitrogens with zero attached hydrogens (tertiary/aromatic N) is 1. The lowest BCUT2D eigenvalue weighted by Crippen LogP contribution is -2.38. The van der Waals surface area contributed by atoms with Gasteiger partial charge in [0.25, 0.3) is 0 Å². The van der Waals surface area contributed by atoms with Gasteiger partial charge in [0.2, 0.25) is 5.91 Å². The highest BCUT2D eigenvalue weighted by atomic mass is 19.1. The smallest absolute Gasteiger partial charge is 0.409 e. The maximum Gasteiger partial charge on any atom is 0.409 e. The molecule has 0 aliphatic carbocycles. The van der Waals surface area contributed by atoms with Gasteiger partial charge in [-0.15, -0.1) is 0 Å². The second-order valence-corrected chi connectivity index (χ2v) is 9.04. The van der Waals surface area contributed by atoms with E-state index < -0.39 is 5.82 Å². The van der Waals surface area contributed by atoms with Gasteiger partial charge in [-0.05, 0) is 73.8 Å². The number of ether oxygens (including phenoxy) is 2. The van der Waals surface area contributed by atoms with Crippen LogP contribution in [0.25, 0.3) is 0 Å². The van der Waals surface area contributed by atoms with Gasteiger partial charge in [0.1, 0.15) is 11.6 Å². The zero-order valence-electron chi connectivity index (χ0n) is 20.9. The van der Waals surface area contributed by atoms with E-state index >= 15 is 0 Å². The van der Waals surface area contributed by atoms with Crippen LogP contribution in [0.15, 0.2) is 42.5 Å². The molecule has 1 N–H and O–H groups in total. The van der Waals surface area contributed by atoms with Crippen LogP contribution >= 0.6 is 0 Å². The average Bonchev–Trinajstić information content (AvgIpc) is 2.88. The molecule has 0 saturated carbocycles. The maximum atomic E-state index is 14.4. The fourth-order valence-corrected chi connectivity index (χ4v) is 4.41. The van der Waals surface area contributed by atoms with Gasteiger partial charge in [-0.25, -0.2) is 9.18 Å². The number of hydrogen-bond acceptors (Lipinski definition) is 4. The second kappa shape index (κ2) is 13.7. The maximum absolute atomic E-state index is 14.4. The molecule has 1 heterocycles. The third-order valence-electron chi connectivity index (χ3n) is 6.50. The van der Waals surface area contributed by atoms with Gasteiger partial charge in [0.15, 0.2) is 0 Å². The van der Waals surface area contributed by atoms with E-state index in [1.54, 1.807) is 24.1 Å². The number of likely N-dealkylation sites (tertiary alicyclic amines) is 1. The van der Waals surface area contributed by atoms with E-state index in [1.165, 1.54) is 6.07 Å². The number of unbranched alkanes of at least 4 members (excludes halogenated alkanes) is 2. The third kappa shape index (κ3) is 7.98. The summed E-state index contributed by atoms with van der Waals surface area (Å²) in [6.45, 7) is 3.74. The first-order chi connectivity index (χ1) is 17.0. The molecule has 1 fully saturated rings. The lowest BCUT2D eigenvalue weighted by atomic mass is 9.89. The van der Waals surface area contributed by atoms with E-state index in [4.69, 9.17) is 9.47 Å². The SMILES string of the molecule is CCCCOC(=O)N1CCC(c2ccc(F)c(NC(=O)CCCCc3ccccc3OC)c2)CC1. The molecule has 190 valence electrons. The Morgan fingerprint density at radius 2 is 1.86 bits per heavy atom. The van der Waals surface area contributed by atoms with Crippen molar-refractivity contribution in [3.63, 3.8) is 0 Å². The van der Waals surface area contributed by atoms with Gasteiger partial charge in [0.05, 0.1) is 19.4 Å². The number of aryl methyl sites for hydroxylation is 1. The number of carbonyl (C=O) groups is 2. The van der Waals surface area contributed by atoms with Crippen molar-refractivity contribution in [3.8, 4) is 5.75 Å². The number of benzene rings is 2. The summed E-state index contributed by atoms with van der Waals surface area (Å²) in [7, 11) is 1.65. The molecule has 0 atom stereocenters. The van der Waals surface area contributed by atoms with E-state index in [-0.39, 0.29) is 23.6 Å². The molecule has 0 aromatic heterocycles. The predicted molar refractivity (Wildman–Crippen MR) is 135 cm³/mol. The first kappa shape index (κ1) is 26.5. The van der Waals surface area contributed by atoms with E-state index in [2.05, 4.69) is 12.2 Å². The highest BCUT2D eigenvalue weighted by Crippen LogP contribution is 2.31. The van der Waals surface area contributed by atoms with Crippen LogP contribution in [0.2, 0.25) is 0 Å². The quantitative estimate of drug-likeness (QED) is 0.380. The molecule has 3 rings (SSSR count). The molecule has 0 radical (unpaired) electrons. The molecule has 2 aromatic carbocycles. The minimum atomic E-state index is -0.437. The number of piperidine rings is 1. The number of methoxy groups -OCH3 is 1. The number of carbonyl (C=O) groups excluding carboxylic acids is 2. The van der Waals surface area contributed by atoms with Gasteiger partial charge >= 0.3 is 6.09 Å². The van der Waals surface area contributed by atoms with Crippen molar-refractivity contribution in [1.29, 1.82) is 0 Å². The summed E-state index contributed by atoms with van der Waals surface area (Å²) >= 11 is 0. The summed E-state index contributed by atoms with van der Waals surface area (Å²) in [4.78, 5) is 26.3. The largest absolute Gasteiger partial charge is 0.496 e. The minimum absolute atomic E-state index is 0.189. The third-order valence-corrected chi connectivity index (χ3v) is 6.50. The summed E-state index contributed by atoms with van der Waals surface area (Å²) in [6, 6.07) is 12.8.